The Hall–Kier alpha value is -1.35. The van der Waals surface area contributed by atoms with Gasteiger partial charge in [0.2, 0.25) is 0 Å². The fraction of sp³-hybridized carbons (Fsp3) is 0.588. The number of aryl methyl sites for hydroxylation is 1. The molecule has 1 saturated carbocycles. The number of nitrogens with one attached hydrogen (secondary N) is 1. The molecule has 0 saturated heterocycles. The molecule has 1 aliphatic rings. The lowest BCUT2D eigenvalue weighted by Gasteiger charge is -2.12. The molecular weight excluding hydrogens is 246 g/mol. The first-order valence-electron chi connectivity index (χ1n) is 7.99. The minimum Gasteiger partial charge on any atom is -0.328 e. The molecule has 1 fully saturated rings. The Kier molecular flexibility index (Phi) is 4.06. The highest BCUT2D eigenvalue weighted by molar-refractivity contribution is 5.75. The van der Waals surface area contributed by atoms with E-state index in [-0.39, 0.29) is 0 Å². The lowest BCUT2D eigenvalue weighted by Crippen LogP contribution is -2.26. The van der Waals surface area contributed by atoms with Crippen molar-refractivity contribution in [2.24, 2.45) is 5.92 Å². The normalized spacial score (nSPS) is 22.7. The average Bonchev–Trinajstić information content (AvgIpc) is 3.03. The average molecular weight is 271 g/mol. The number of para-hydroxylation sites is 2. The zero-order chi connectivity index (χ0) is 13.9. The molecule has 3 heteroatoms. The van der Waals surface area contributed by atoms with Crippen LogP contribution in [0.5, 0.6) is 0 Å². The van der Waals surface area contributed by atoms with Crippen molar-refractivity contribution < 1.29 is 0 Å². The highest BCUT2D eigenvalue weighted by Gasteiger charge is 2.25. The molecule has 20 heavy (non-hydrogen) atoms. The van der Waals surface area contributed by atoms with Gasteiger partial charge in [0.15, 0.2) is 0 Å². The molecule has 1 heterocycles. The molecule has 0 radical (unpaired) electrons. The van der Waals surface area contributed by atoms with Crippen LogP contribution in [0.2, 0.25) is 0 Å². The molecule has 2 atom stereocenters. The molecule has 1 N–H and O–H groups in total. The number of imidazole rings is 1. The minimum atomic E-state index is 0.726. The van der Waals surface area contributed by atoms with Crippen molar-refractivity contribution >= 4 is 11.0 Å². The highest BCUT2D eigenvalue weighted by Crippen LogP contribution is 2.29. The van der Waals surface area contributed by atoms with E-state index in [0.29, 0.717) is 0 Å². The molecule has 0 amide bonds. The van der Waals surface area contributed by atoms with Gasteiger partial charge >= 0.3 is 0 Å². The number of hydrogen-bond donors (Lipinski definition) is 1. The first-order valence-corrected chi connectivity index (χ1v) is 7.99. The molecule has 108 valence electrons. The Balaban J connectivity index is 1.77. The SMILES string of the molecule is CCNC1CCC(Cc2nc3ccccc3n2CC)C1. The molecule has 1 aliphatic carbocycles. The van der Waals surface area contributed by atoms with Crippen LogP contribution in [0.4, 0.5) is 0 Å². The van der Waals surface area contributed by atoms with E-state index in [1.807, 2.05) is 0 Å². The van der Waals surface area contributed by atoms with Gasteiger partial charge in [-0.15, -0.1) is 0 Å². The summed E-state index contributed by atoms with van der Waals surface area (Å²) in [6.07, 6.45) is 5.10. The predicted molar refractivity (Wildman–Crippen MR) is 83.9 cm³/mol. The van der Waals surface area contributed by atoms with Crippen LogP contribution in [0.15, 0.2) is 24.3 Å². The first-order chi connectivity index (χ1) is 9.81. The fourth-order valence-electron chi connectivity index (χ4n) is 3.63. The first kappa shape index (κ1) is 13.6. The van der Waals surface area contributed by atoms with Gasteiger partial charge in [-0.25, -0.2) is 4.98 Å². The van der Waals surface area contributed by atoms with E-state index < -0.39 is 0 Å². The maximum atomic E-state index is 4.86. The molecule has 0 spiro atoms. The molecule has 3 nitrogen and oxygen atoms in total. The van der Waals surface area contributed by atoms with Crippen LogP contribution in [0.3, 0.4) is 0 Å². The van der Waals surface area contributed by atoms with E-state index in [9.17, 15) is 0 Å². The van der Waals surface area contributed by atoms with Crippen molar-refractivity contribution in [2.45, 2.75) is 52.1 Å². The second-order valence-electron chi connectivity index (χ2n) is 5.90. The summed E-state index contributed by atoms with van der Waals surface area (Å²) in [7, 11) is 0. The zero-order valence-corrected chi connectivity index (χ0v) is 12.6. The summed E-state index contributed by atoms with van der Waals surface area (Å²) in [5.41, 5.74) is 2.43. The molecule has 3 rings (SSSR count). The van der Waals surface area contributed by atoms with Crippen LogP contribution in [-0.4, -0.2) is 22.1 Å². The molecule has 0 bridgehead atoms. The second kappa shape index (κ2) is 5.96. The third-order valence-corrected chi connectivity index (χ3v) is 4.56. The standard InChI is InChI=1S/C17H25N3/c1-3-18-14-10-9-13(11-14)12-17-19-15-7-5-6-8-16(15)20(17)4-2/h5-8,13-14,18H,3-4,9-12H2,1-2H3. The van der Waals surface area contributed by atoms with Gasteiger partial charge in [0, 0.05) is 19.0 Å². The van der Waals surface area contributed by atoms with Crippen molar-refractivity contribution in [3.8, 4) is 0 Å². The number of nitrogens with zero attached hydrogens (tertiary/aromatic N) is 2. The van der Waals surface area contributed by atoms with Gasteiger partial charge in [-0.1, -0.05) is 19.1 Å². The maximum absolute atomic E-state index is 4.86. The summed E-state index contributed by atoms with van der Waals surface area (Å²) >= 11 is 0. The molecule has 2 unspecified atom stereocenters. The summed E-state index contributed by atoms with van der Waals surface area (Å²) < 4.78 is 2.38. The summed E-state index contributed by atoms with van der Waals surface area (Å²) in [4.78, 5) is 4.86. The fourth-order valence-corrected chi connectivity index (χ4v) is 3.63. The number of fused-ring (bicyclic) bond motifs is 1. The van der Waals surface area contributed by atoms with E-state index in [0.717, 1.165) is 37.0 Å². The Labute approximate surface area is 121 Å². The number of hydrogen-bond acceptors (Lipinski definition) is 2. The van der Waals surface area contributed by atoms with E-state index in [1.54, 1.807) is 0 Å². The van der Waals surface area contributed by atoms with Crippen LogP contribution in [0.25, 0.3) is 11.0 Å². The van der Waals surface area contributed by atoms with Crippen LogP contribution >= 0.6 is 0 Å². The molecule has 1 aromatic carbocycles. The zero-order valence-electron chi connectivity index (χ0n) is 12.6. The molecular formula is C17H25N3. The van der Waals surface area contributed by atoms with Crippen LogP contribution in [-0.2, 0) is 13.0 Å². The lowest BCUT2D eigenvalue weighted by molar-refractivity contribution is 0.479. The van der Waals surface area contributed by atoms with Gasteiger partial charge in [-0.2, -0.15) is 0 Å². The van der Waals surface area contributed by atoms with Crippen molar-refractivity contribution in [3.05, 3.63) is 30.1 Å². The second-order valence-corrected chi connectivity index (χ2v) is 5.90. The van der Waals surface area contributed by atoms with Crippen LogP contribution < -0.4 is 5.32 Å². The third-order valence-electron chi connectivity index (χ3n) is 4.56. The highest BCUT2D eigenvalue weighted by atomic mass is 15.1. The Bertz CT molecular complexity index is 573. The molecule has 0 aliphatic heterocycles. The molecule has 1 aromatic heterocycles. The van der Waals surface area contributed by atoms with Crippen LogP contribution in [0, 0.1) is 5.92 Å². The summed E-state index contributed by atoms with van der Waals surface area (Å²) in [6, 6.07) is 9.23. The number of rotatable bonds is 5. The van der Waals surface area contributed by atoms with Gasteiger partial charge in [0.1, 0.15) is 5.82 Å². The lowest BCUT2D eigenvalue weighted by atomic mass is 10.0. The Morgan fingerprint density at radius 1 is 1.25 bits per heavy atom. The summed E-state index contributed by atoms with van der Waals surface area (Å²) in [6.45, 7) is 6.52. The smallest absolute Gasteiger partial charge is 0.110 e. The maximum Gasteiger partial charge on any atom is 0.110 e. The van der Waals surface area contributed by atoms with Gasteiger partial charge in [0.05, 0.1) is 11.0 Å². The summed E-state index contributed by atoms with van der Waals surface area (Å²) in [5, 5.41) is 3.59. The number of aromatic nitrogens is 2. The summed E-state index contributed by atoms with van der Waals surface area (Å²) in [5.74, 6) is 2.07. The van der Waals surface area contributed by atoms with E-state index >= 15 is 0 Å². The van der Waals surface area contributed by atoms with E-state index in [1.165, 1.54) is 30.6 Å². The Morgan fingerprint density at radius 3 is 2.90 bits per heavy atom. The molecule has 2 aromatic rings. The largest absolute Gasteiger partial charge is 0.328 e. The predicted octanol–water partition coefficient (Wildman–Crippen LogP) is 3.38. The van der Waals surface area contributed by atoms with Crippen molar-refractivity contribution in [3.63, 3.8) is 0 Å². The quantitative estimate of drug-likeness (QED) is 0.903. The Morgan fingerprint density at radius 2 is 2.10 bits per heavy atom. The number of benzene rings is 1. The van der Waals surface area contributed by atoms with E-state index in [4.69, 9.17) is 4.98 Å². The monoisotopic (exact) mass is 271 g/mol. The van der Waals surface area contributed by atoms with Gasteiger partial charge < -0.3 is 9.88 Å². The van der Waals surface area contributed by atoms with Gasteiger partial charge in [-0.3, -0.25) is 0 Å². The minimum absolute atomic E-state index is 0.726. The van der Waals surface area contributed by atoms with E-state index in [2.05, 4.69) is 48.0 Å². The third kappa shape index (κ3) is 2.59. The van der Waals surface area contributed by atoms with Crippen molar-refractivity contribution in [1.29, 1.82) is 0 Å². The van der Waals surface area contributed by atoms with Gasteiger partial charge in [0.25, 0.3) is 0 Å². The topological polar surface area (TPSA) is 29.9 Å². The van der Waals surface area contributed by atoms with Crippen LogP contribution in [0.1, 0.15) is 38.9 Å². The van der Waals surface area contributed by atoms with Crippen molar-refractivity contribution in [2.75, 3.05) is 6.54 Å². The van der Waals surface area contributed by atoms with Crippen molar-refractivity contribution in [1.82, 2.24) is 14.9 Å². The van der Waals surface area contributed by atoms with Gasteiger partial charge in [-0.05, 0) is 50.8 Å².